The maximum atomic E-state index is 12.6. The van der Waals surface area contributed by atoms with Crippen LogP contribution in [0.25, 0.3) is 11.4 Å². The Labute approximate surface area is 198 Å². The number of halogens is 1. The number of hydrogen-bond acceptors (Lipinski definition) is 6. The van der Waals surface area contributed by atoms with E-state index in [0.717, 1.165) is 25.0 Å². The monoisotopic (exact) mass is 469 g/mol. The highest BCUT2D eigenvalue weighted by atomic mass is 35.5. The van der Waals surface area contributed by atoms with Crippen molar-refractivity contribution in [2.75, 3.05) is 18.5 Å². The van der Waals surface area contributed by atoms with E-state index in [0.29, 0.717) is 47.1 Å². The number of amides is 1. The van der Waals surface area contributed by atoms with Crippen LogP contribution >= 0.6 is 11.6 Å². The largest absolute Gasteiger partial charge is 0.489 e. The summed E-state index contributed by atoms with van der Waals surface area (Å²) < 4.78 is 16.8. The van der Waals surface area contributed by atoms with Crippen molar-refractivity contribution >= 4 is 23.2 Å². The van der Waals surface area contributed by atoms with Crippen LogP contribution in [0.4, 0.5) is 5.69 Å². The summed E-state index contributed by atoms with van der Waals surface area (Å²) in [5.74, 6) is 1.75. The van der Waals surface area contributed by atoms with E-state index in [2.05, 4.69) is 41.4 Å². The molecular formula is C25H28ClN3O4. The van der Waals surface area contributed by atoms with Crippen LogP contribution in [-0.4, -0.2) is 35.4 Å². The van der Waals surface area contributed by atoms with Crippen molar-refractivity contribution in [2.45, 2.75) is 51.6 Å². The van der Waals surface area contributed by atoms with Gasteiger partial charge in [0.2, 0.25) is 17.6 Å². The molecule has 33 heavy (non-hydrogen) atoms. The van der Waals surface area contributed by atoms with E-state index in [1.54, 1.807) is 18.2 Å². The van der Waals surface area contributed by atoms with Gasteiger partial charge in [0.15, 0.2) is 0 Å². The molecular weight excluding hydrogens is 442 g/mol. The molecule has 0 spiro atoms. The molecule has 1 aliphatic heterocycles. The molecule has 1 fully saturated rings. The third-order valence-corrected chi connectivity index (χ3v) is 5.77. The Balaban J connectivity index is 1.33. The second-order valence-corrected chi connectivity index (χ2v) is 8.86. The fraction of sp³-hybridized carbons (Fsp3) is 0.400. The first-order valence-electron chi connectivity index (χ1n) is 11.2. The van der Waals surface area contributed by atoms with Crippen molar-refractivity contribution in [2.24, 2.45) is 0 Å². The van der Waals surface area contributed by atoms with E-state index in [9.17, 15) is 4.79 Å². The molecule has 1 saturated heterocycles. The summed E-state index contributed by atoms with van der Waals surface area (Å²) in [7, 11) is 0. The van der Waals surface area contributed by atoms with Crippen LogP contribution in [0.5, 0.6) is 5.75 Å². The predicted molar refractivity (Wildman–Crippen MR) is 127 cm³/mol. The highest BCUT2D eigenvalue weighted by molar-refractivity contribution is 6.31. The molecule has 2 aromatic carbocycles. The van der Waals surface area contributed by atoms with Gasteiger partial charge in [-0.2, -0.15) is 4.98 Å². The van der Waals surface area contributed by atoms with Crippen molar-refractivity contribution in [1.82, 2.24) is 10.1 Å². The lowest BCUT2D eigenvalue weighted by molar-refractivity contribution is -0.116. The molecule has 1 amide bonds. The van der Waals surface area contributed by atoms with Crippen LogP contribution in [0, 0.1) is 0 Å². The molecule has 1 unspecified atom stereocenters. The van der Waals surface area contributed by atoms with Gasteiger partial charge >= 0.3 is 0 Å². The lowest BCUT2D eigenvalue weighted by atomic mass is 10.0. The summed E-state index contributed by atoms with van der Waals surface area (Å²) in [5.41, 5.74) is 2.66. The quantitative estimate of drug-likeness (QED) is 0.436. The van der Waals surface area contributed by atoms with Crippen molar-refractivity contribution in [3.8, 4) is 17.1 Å². The Morgan fingerprint density at radius 3 is 2.79 bits per heavy atom. The zero-order valence-corrected chi connectivity index (χ0v) is 19.6. The second-order valence-electron chi connectivity index (χ2n) is 8.42. The minimum atomic E-state index is -0.194. The minimum absolute atomic E-state index is 0.0810. The highest BCUT2D eigenvalue weighted by Crippen LogP contribution is 2.29. The summed E-state index contributed by atoms with van der Waals surface area (Å²) in [6.45, 7) is 5.50. The summed E-state index contributed by atoms with van der Waals surface area (Å²) in [5, 5.41) is 7.43. The Morgan fingerprint density at radius 2 is 2.06 bits per heavy atom. The average Bonchev–Trinajstić information content (AvgIpc) is 3.49. The molecule has 0 saturated carbocycles. The molecule has 0 aliphatic carbocycles. The van der Waals surface area contributed by atoms with E-state index in [1.807, 2.05) is 12.1 Å². The third-order valence-electron chi connectivity index (χ3n) is 5.53. The van der Waals surface area contributed by atoms with E-state index in [-0.39, 0.29) is 18.4 Å². The van der Waals surface area contributed by atoms with Gasteiger partial charge in [0, 0.05) is 30.0 Å². The summed E-state index contributed by atoms with van der Waals surface area (Å²) in [4.78, 5) is 17.0. The van der Waals surface area contributed by atoms with Gasteiger partial charge < -0.3 is 19.3 Å². The van der Waals surface area contributed by atoms with Crippen molar-refractivity contribution in [1.29, 1.82) is 0 Å². The number of aryl methyl sites for hydroxylation is 1. The zero-order valence-electron chi connectivity index (χ0n) is 18.8. The fourth-order valence-electron chi connectivity index (χ4n) is 3.61. The number of aromatic nitrogens is 2. The maximum absolute atomic E-state index is 12.6. The molecule has 4 rings (SSSR count). The Kier molecular flexibility index (Phi) is 7.62. The van der Waals surface area contributed by atoms with Crippen molar-refractivity contribution in [3.63, 3.8) is 0 Å². The lowest BCUT2D eigenvalue weighted by Gasteiger charge is -2.15. The highest BCUT2D eigenvalue weighted by Gasteiger charge is 2.18. The fourth-order valence-corrected chi connectivity index (χ4v) is 3.78. The number of anilines is 1. The van der Waals surface area contributed by atoms with Gasteiger partial charge in [-0.1, -0.05) is 54.9 Å². The molecule has 174 valence electrons. The SMILES string of the molecule is CC(C)c1ccc(-c2noc(CCC(=O)Nc3cc(Cl)ccc3OCC3CCCO3)n2)cc1. The maximum Gasteiger partial charge on any atom is 0.227 e. The molecule has 0 radical (unpaired) electrons. The van der Waals surface area contributed by atoms with Crippen LogP contribution < -0.4 is 10.1 Å². The van der Waals surface area contributed by atoms with Crippen molar-refractivity contribution in [3.05, 3.63) is 58.9 Å². The van der Waals surface area contributed by atoms with Gasteiger partial charge in [-0.05, 0) is 42.5 Å². The molecule has 1 atom stereocenters. The molecule has 1 N–H and O–H groups in total. The number of ether oxygens (including phenoxy) is 2. The molecule has 1 aromatic heterocycles. The van der Waals surface area contributed by atoms with Gasteiger partial charge in [-0.15, -0.1) is 0 Å². The first-order chi connectivity index (χ1) is 16.0. The molecule has 8 heteroatoms. The first kappa shape index (κ1) is 23.3. The number of rotatable bonds is 9. The smallest absolute Gasteiger partial charge is 0.227 e. The third kappa shape index (κ3) is 6.33. The standard InChI is InChI=1S/C25H28ClN3O4/c1-16(2)17-5-7-18(8-6-17)25-28-24(33-29-25)12-11-23(30)27-21-14-19(26)9-10-22(21)32-15-20-4-3-13-31-20/h5-10,14,16,20H,3-4,11-13,15H2,1-2H3,(H,27,30). The van der Waals surface area contributed by atoms with Gasteiger partial charge in [-0.25, -0.2) is 0 Å². The summed E-state index contributed by atoms with van der Waals surface area (Å²) in [6.07, 6.45) is 2.61. The van der Waals surface area contributed by atoms with E-state index in [1.165, 1.54) is 5.56 Å². The van der Waals surface area contributed by atoms with Crippen LogP contribution in [0.3, 0.4) is 0 Å². The van der Waals surface area contributed by atoms with Gasteiger partial charge in [0.25, 0.3) is 0 Å². The average molecular weight is 470 g/mol. The number of nitrogens with zero attached hydrogens (tertiary/aromatic N) is 2. The van der Waals surface area contributed by atoms with Crippen LogP contribution in [0.1, 0.15) is 50.5 Å². The number of carbonyl (C=O) groups excluding carboxylic acids is 1. The molecule has 7 nitrogen and oxygen atoms in total. The topological polar surface area (TPSA) is 86.5 Å². The van der Waals surface area contributed by atoms with Crippen molar-refractivity contribution < 1.29 is 18.8 Å². The van der Waals surface area contributed by atoms with Crippen LogP contribution in [0.15, 0.2) is 47.0 Å². The van der Waals surface area contributed by atoms with Crippen LogP contribution in [-0.2, 0) is 16.0 Å². The number of hydrogen-bond donors (Lipinski definition) is 1. The second kappa shape index (κ2) is 10.8. The molecule has 3 aromatic rings. The Bertz CT molecular complexity index is 1080. The number of nitrogens with one attached hydrogen (secondary N) is 1. The van der Waals surface area contributed by atoms with Gasteiger partial charge in [0.05, 0.1) is 11.8 Å². The number of carbonyl (C=O) groups is 1. The van der Waals surface area contributed by atoms with Gasteiger partial charge in [-0.3, -0.25) is 4.79 Å². The van der Waals surface area contributed by atoms with Crippen LogP contribution in [0.2, 0.25) is 5.02 Å². The van der Waals surface area contributed by atoms with Gasteiger partial charge in [0.1, 0.15) is 12.4 Å². The summed E-state index contributed by atoms with van der Waals surface area (Å²) >= 11 is 6.12. The molecule has 0 bridgehead atoms. The molecule has 1 aliphatic rings. The minimum Gasteiger partial charge on any atom is -0.489 e. The predicted octanol–water partition coefficient (Wildman–Crippen LogP) is 5.64. The van der Waals surface area contributed by atoms with E-state index < -0.39 is 0 Å². The zero-order chi connectivity index (χ0) is 23.2. The molecule has 2 heterocycles. The normalized spacial score (nSPS) is 15.7. The summed E-state index contributed by atoms with van der Waals surface area (Å²) in [6, 6.07) is 13.2. The number of benzene rings is 2. The Hall–Kier alpha value is -2.90. The lowest BCUT2D eigenvalue weighted by Crippen LogP contribution is -2.18. The van der Waals surface area contributed by atoms with E-state index in [4.69, 9.17) is 25.6 Å². The Morgan fingerprint density at radius 1 is 1.24 bits per heavy atom. The van der Waals surface area contributed by atoms with E-state index >= 15 is 0 Å². The first-order valence-corrected chi connectivity index (χ1v) is 11.6.